The Balaban J connectivity index is 1.95. The van der Waals surface area contributed by atoms with Gasteiger partial charge in [0.05, 0.1) is 17.2 Å². The van der Waals surface area contributed by atoms with E-state index in [2.05, 4.69) is 22.4 Å². The molecule has 4 nitrogen and oxygen atoms in total. The first-order chi connectivity index (χ1) is 12.6. The maximum atomic E-state index is 12.4. The predicted molar refractivity (Wildman–Crippen MR) is 107 cm³/mol. The Bertz CT molecular complexity index is 730. The summed E-state index contributed by atoms with van der Waals surface area (Å²) in [5, 5.41) is 3.13. The molecule has 26 heavy (non-hydrogen) atoms. The lowest BCUT2D eigenvalue weighted by molar-refractivity contribution is 0.0963. The van der Waals surface area contributed by atoms with E-state index in [4.69, 9.17) is 16.3 Å². The van der Waals surface area contributed by atoms with Crippen LogP contribution in [0.15, 0.2) is 59.6 Å². The molecule has 0 aromatic heterocycles. The Hall–Kier alpha value is -2.33. The van der Waals surface area contributed by atoms with Crippen molar-refractivity contribution in [2.75, 3.05) is 13.2 Å². The number of carbonyl (C=O) groups excluding carboxylic acids is 1. The Labute approximate surface area is 160 Å². The fraction of sp³-hybridized carbons (Fsp3) is 0.333. The zero-order valence-electron chi connectivity index (χ0n) is 15.2. The van der Waals surface area contributed by atoms with Crippen molar-refractivity contribution in [3.8, 4) is 0 Å². The van der Waals surface area contributed by atoms with Crippen molar-refractivity contribution in [3.63, 3.8) is 0 Å². The Morgan fingerprint density at radius 2 is 1.81 bits per heavy atom. The summed E-state index contributed by atoms with van der Waals surface area (Å²) in [6.07, 6.45) is 1.81. The van der Waals surface area contributed by atoms with Gasteiger partial charge in [0.1, 0.15) is 0 Å². The molecule has 0 unspecified atom stereocenters. The highest BCUT2D eigenvalue weighted by Crippen LogP contribution is 2.14. The zero-order chi connectivity index (χ0) is 18.8. The van der Waals surface area contributed by atoms with Gasteiger partial charge >= 0.3 is 0 Å². The quantitative estimate of drug-likeness (QED) is 0.434. The molecule has 0 radical (unpaired) electrons. The number of rotatable bonds is 7. The van der Waals surface area contributed by atoms with Crippen molar-refractivity contribution in [1.82, 2.24) is 5.32 Å². The number of nitrogens with one attached hydrogen (secondary N) is 1. The van der Waals surface area contributed by atoms with Crippen LogP contribution in [0.25, 0.3) is 0 Å². The highest BCUT2D eigenvalue weighted by atomic mass is 35.5. The van der Waals surface area contributed by atoms with Gasteiger partial charge in [-0.2, -0.15) is 0 Å². The number of ether oxygens (including phenoxy) is 1. The van der Waals surface area contributed by atoms with Crippen LogP contribution in [0.3, 0.4) is 0 Å². The molecule has 0 atom stereocenters. The summed E-state index contributed by atoms with van der Waals surface area (Å²) in [7, 11) is 0. The van der Waals surface area contributed by atoms with Crippen LogP contribution in [-0.4, -0.2) is 25.1 Å². The third-order valence-electron chi connectivity index (χ3n) is 3.61. The molecule has 138 valence electrons. The number of nitrogens with zero attached hydrogens (tertiary/aromatic N) is 1. The fourth-order valence-electron chi connectivity index (χ4n) is 2.29. The van der Waals surface area contributed by atoms with Crippen LogP contribution >= 0.6 is 11.6 Å². The summed E-state index contributed by atoms with van der Waals surface area (Å²) < 4.78 is 5.66. The van der Waals surface area contributed by atoms with Gasteiger partial charge in [0.2, 0.25) is 0 Å². The largest absolute Gasteiger partial charge is 0.465 e. The van der Waals surface area contributed by atoms with Crippen LogP contribution in [-0.2, 0) is 11.2 Å². The number of aliphatic imine (C=N–C) groups is 1. The molecule has 0 saturated carbocycles. The fourth-order valence-corrected chi connectivity index (χ4v) is 2.51. The summed E-state index contributed by atoms with van der Waals surface area (Å²) in [6, 6.07) is 17.4. The van der Waals surface area contributed by atoms with Gasteiger partial charge in [-0.05, 0) is 36.5 Å². The van der Waals surface area contributed by atoms with Crippen molar-refractivity contribution < 1.29 is 9.53 Å². The first-order valence-electron chi connectivity index (χ1n) is 8.83. The molecule has 2 rings (SSSR count). The van der Waals surface area contributed by atoms with Gasteiger partial charge in [-0.25, -0.2) is 4.99 Å². The monoisotopic (exact) mass is 372 g/mol. The van der Waals surface area contributed by atoms with Gasteiger partial charge < -0.3 is 4.74 Å². The molecule has 0 saturated heterocycles. The van der Waals surface area contributed by atoms with Gasteiger partial charge in [-0.1, -0.05) is 67.9 Å². The lowest BCUT2D eigenvalue weighted by atomic mass is 10.1. The topological polar surface area (TPSA) is 50.7 Å². The molecule has 0 aliphatic carbocycles. The van der Waals surface area contributed by atoms with Crippen LogP contribution in [0.4, 0.5) is 0 Å². The first-order valence-corrected chi connectivity index (χ1v) is 9.21. The van der Waals surface area contributed by atoms with Crippen molar-refractivity contribution in [3.05, 3.63) is 70.7 Å². The van der Waals surface area contributed by atoms with Gasteiger partial charge in [-0.3, -0.25) is 10.1 Å². The number of carbonyl (C=O) groups is 1. The number of hydrogen-bond acceptors (Lipinski definition) is 3. The van der Waals surface area contributed by atoms with E-state index in [0.717, 1.165) is 12.8 Å². The predicted octanol–water partition coefficient (Wildman–Crippen LogP) is 4.73. The summed E-state index contributed by atoms with van der Waals surface area (Å²) in [4.78, 5) is 16.8. The van der Waals surface area contributed by atoms with Crippen molar-refractivity contribution in [1.29, 1.82) is 0 Å². The number of benzene rings is 2. The molecule has 2 aromatic rings. The zero-order valence-corrected chi connectivity index (χ0v) is 16.0. The van der Waals surface area contributed by atoms with E-state index in [0.29, 0.717) is 29.7 Å². The molecule has 0 heterocycles. The highest BCUT2D eigenvalue weighted by Gasteiger charge is 2.13. The number of amidine groups is 1. The van der Waals surface area contributed by atoms with E-state index < -0.39 is 0 Å². The van der Waals surface area contributed by atoms with Gasteiger partial charge in [0.25, 0.3) is 11.9 Å². The average molecular weight is 373 g/mol. The number of amides is 1. The highest BCUT2D eigenvalue weighted by molar-refractivity contribution is 6.34. The van der Waals surface area contributed by atoms with Gasteiger partial charge in [-0.15, -0.1) is 0 Å². The van der Waals surface area contributed by atoms with E-state index in [1.54, 1.807) is 24.3 Å². The third-order valence-corrected chi connectivity index (χ3v) is 3.94. The smallest absolute Gasteiger partial charge is 0.291 e. The second kappa shape index (κ2) is 10.6. The molecule has 2 aromatic carbocycles. The van der Waals surface area contributed by atoms with E-state index in [1.807, 2.05) is 32.0 Å². The standard InChI is InChI=1S/C21H25ClN2O2/c1-16(2)15-26-21(23-14-8-11-17-9-4-3-5-10-17)24-20(25)18-12-6-7-13-19(18)22/h3-7,9-10,12-13,16H,8,11,14-15H2,1-2H3,(H,23,24,25). The Morgan fingerprint density at radius 1 is 1.12 bits per heavy atom. The van der Waals surface area contributed by atoms with E-state index in [-0.39, 0.29) is 11.9 Å². The minimum Gasteiger partial charge on any atom is -0.465 e. The van der Waals surface area contributed by atoms with Crippen molar-refractivity contribution in [2.45, 2.75) is 26.7 Å². The molecular formula is C21H25ClN2O2. The van der Waals surface area contributed by atoms with Gasteiger partial charge in [0, 0.05) is 6.54 Å². The summed E-state index contributed by atoms with van der Waals surface area (Å²) >= 11 is 6.08. The van der Waals surface area contributed by atoms with Crippen molar-refractivity contribution >= 4 is 23.5 Å². The Kier molecular flexibility index (Phi) is 8.16. The average Bonchev–Trinajstić information content (AvgIpc) is 2.64. The maximum Gasteiger partial charge on any atom is 0.291 e. The molecule has 0 spiro atoms. The molecule has 5 heteroatoms. The van der Waals surface area contributed by atoms with E-state index in [9.17, 15) is 4.79 Å². The van der Waals surface area contributed by atoms with E-state index in [1.165, 1.54) is 5.56 Å². The summed E-state index contributed by atoms with van der Waals surface area (Å²) in [5.74, 6) is 0.0166. The SMILES string of the molecule is CC(C)COC(=NCCCc1ccccc1)NC(=O)c1ccccc1Cl. The van der Waals surface area contributed by atoms with Crippen LogP contribution in [0.1, 0.15) is 36.2 Å². The summed E-state index contributed by atoms with van der Waals surface area (Å²) in [6.45, 7) is 5.15. The van der Waals surface area contributed by atoms with Crippen LogP contribution in [0.5, 0.6) is 0 Å². The molecular weight excluding hydrogens is 348 g/mol. The number of hydrogen-bond donors (Lipinski definition) is 1. The molecule has 1 N–H and O–H groups in total. The normalized spacial score (nSPS) is 11.5. The minimum atomic E-state index is -0.318. The third kappa shape index (κ3) is 6.89. The molecule has 0 fully saturated rings. The van der Waals surface area contributed by atoms with E-state index >= 15 is 0 Å². The van der Waals surface area contributed by atoms with Crippen LogP contribution in [0.2, 0.25) is 5.02 Å². The summed E-state index contributed by atoms with van der Waals surface area (Å²) in [5.41, 5.74) is 1.67. The minimum absolute atomic E-state index is 0.247. The molecule has 1 amide bonds. The lowest BCUT2D eigenvalue weighted by Gasteiger charge is -2.13. The second-order valence-electron chi connectivity index (χ2n) is 6.41. The van der Waals surface area contributed by atoms with Crippen LogP contribution in [0, 0.1) is 5.92 Å². The number of aryl methyl sites for hydroxylation is 1. The lowest BCUT2D eigenvalue weighted by Crippen LogP contribution is -2.33. The molecule has 0 bridgehead atoms. The molecule has 0 aliphatic rings. The maximum absolute atomic E-state index is 12.4. The number of halogens is 1. The molecule has 0 aliphatic heterocycles. The van der Waals surface area contributed by atoms with Gasteiger partial charge in [0.15, 0.2) is 0 Å². The second-order valence-corrected chi connectivity index (χ2v) is 6.82. The van der Waals surface area contributed by atoms with Crippen LogP contribution < -0.4 is 5.32 Å². The first kappa shape index (κ1) is 20.0. The van der Waals surface area contributed by atoms with Crippen molar-refractivity contribution in [2.24, 2.45) is 10.9 Å². The Morgan fingerprint density at radius 3 is 2.50 bits per heavy atom.